The van der Waals surface area contributed by atoms with Crippen molar-refractivity contribution >= 4 is 12.0 Å². The zero-order valence-electron chi connectivity index (χ0n) is 13.6. The molecule has 1 amide bonds. The maximum absolute atomic E-state index is 13.6. The molecule has 1 fully saturated rings. The van der Waals surface area contributed by atoms with Crippen molar-refractivity contribution in [2.24, 2.45) is 0 Å². The first kappa shape index (κ1) is 16.2. The smallest absolute Gasteiger partial charge is 0.247 e. The fourth-order valence-electron chi connectivity index (χ4n) is 3.07. The summed E-state index contributed by atoms with van der Waals surface area (Å²) in [6, 6.07) is 14.3. The summed E-state index contributed by atoms with van der Waals surface area (Å²) in [5.74, 6) is 0.389. The third-order valence-corrected chi connectivity index (χ3v) is 4.35. The molecular formula is C20H20FNO2. The van der Waals surface area contributed by atoms with Gasteiger partial charge in [0.25, 0.3) is 0 Å². The molecule has 3 nitrogen and oxygen atoms in total. The van der Waals surface area contributed by atoms with Crippen LogP contribution in [0.2, 0.25) is 0 Å². The van der Waals surface area contributed by atoms with Crippen LogP contribution in [0.5, 0.6) is 5.75 Å². The van der Waals surface area contributed by atoms with E-state index < -0.39 is 0 Å². The van der Waals surface area contributed by atoms with Crippen LogP contribution in [0.15, 0.2) is 54.6 Å². The summed E-state index contributed by atoms with van der Waals surface area (Å²) in [7, 11) is 1.63. The largest absolute Gasteiger partial charge is 0.497 e. The second-order valence-electron chi connectivity index (χ2n) is 5.82. The van der Waals surface area contributed by atoms with Crippen LogP contribution in [0.3, 0.4) is 0 Å². The Hall–Kier alpha value is -2.62. The van der Waals surface area contributed by atoms with Crippen LogP contribution in [-0.2, 0) is 4.79 Å². The summed E-state index contributed by atoms with van der Waals surface area (Å²) in [4.78, 5) is 14.4. The molecule has 1 atom stereocenters. The molecule has 0 aromatic heterocycles. The molecule has 2 aromatic rings. The van der Waals surface area contributed by atoms with Gasteiger partial charge in [-0.1, -0.05) is 30.3 Å². The first-order valence-electron chi connectivity index (χ1n) is 8.06. The van der Waals surface area contributed by atoms with Crippen molar-refractivity contribution in [3.63, 3.8) is 0 Å². The van der Waals surface area contributed by atoms with Crippen molar-refractivity contribution in [3.05, 3.63) is 71.6 Å². The van der Waals surface area contributed by atoms with Gasteiger partial charge in [-0.15, -0.1) is 0 Å². The molecule has 0 saturated carbocycles. The molecule has 4 heteroatoms. The highest BCUT2D eigenvalue weighted by molar-refractivity contribution is 5.92. The molecule has 2 aromatic carbocycles. The van der Waals surface area contributed by atoms with Crippen LogP contribution in [0, 0.1) is 5.82 Å². The molecule has 1 saturated heterocycles. The Morgan fingerprint density at radius 1 is 1.21 bits per heavy atom. The standard InChI is InChI=1S/C20H20FNO2/c1-24-17-11-8-16(9-12-17)19-7-4-14-22(19)20(23)13-10-15-5-2-3-6-18(15)21/h2-3,5-6,8-13,19H,4,7,14H2,1H3/b13-10+. The van der Waals surface area contributed by atoms with E-state index >= 15 is 0 Å². The molecule has 124 valence electrons. The third-order valence-electron chi connectivity index (χ3n) is 4.35. The van der Waals surface area contributed by atoms with Crippen LogP contribution in [0.4, 0.5) is 4.39 Å². The van der Waals surface area contributed by atoms with Gasteiger partial charge in [-0.25, -0.2) is 4.39 Å². The van der Waals surface area contributed by atoms with Gasteiger partial charge >= 0.3 is 0 Å². The Bertz CT molecular complexity index is 740. The number of methoxy groups -OCH3 is 1. The van der Waals surface area contributed by atoms with Crippen LogP contribution in [0.1, 0.15) is 30.0 Å². The lowest BCUT2D eigenvalue weighted by Gasteiger charge is -2.24. The highest BCUT2D eigenvalue weighted by Gasteiger charge is 2.28. The summed E-state index contributed by atoms with van der Waals surface area (Å²) in [6.45, 7) is 0.719. The number of ether oxygens (including phenoxy) is 1. The Morgan fingerprint density at radius 3 is 2.67 bits per heavy atom. The molecule has 0 bridgehead atoms. The molecule has 3 rings (SSSR count). The maximum atomic E-state index is 13.6. The Morgan fingerprint density at radius 2 is 1.96 bits per heavy atom. The quantitative estimate of drug-likeness (QED) is 0.788. The average Bonchev–Trinajstić information content (AvgIpc) is 3.10. The molecule has 0 N–H and O–H groups in total. The predicted octanol–water partition coefficient (Wildman–Crippen LogP) is 4.21. The van der Waals surface area contributed by atoms with Crippen LogP contribution in [-0.4, -0.2) is 24.5 Å². The van der Waals surface area contributed by atoms with E-state index in [-0.39, 0.29) is 17.8 Å². The van der Waals surface area contributed by atoms with Crippen molar-refractivity contribution in [2.45, 2.75) is 18.9 Å². The van der Waals surface area contributed by atoms with Crippen LogP contribution >= 0.6 is 0 Å². The van der Waals surface area contributed by atoms with E-state index in [4.69, 9.17) is 4.74 Å². The first-order valence-corrected chi connectivity index (χ1v) is 8.06. The number of nitrogens with zero attached hydrogens (tertiary/aromatic N) is 1. The highest BCUT2D eigenvalue weighted by atomic mass is 19.1. The molecule has 24 heavy (non-hydrogen) atoms. The SMILES string of the molecule is COc1ccc(C2CCCN2C(=O)/C=C/c2ccccc2F)cc1. The topological polar surface area (TPSA) is 29.5 Å². The summed E-state index contributed by atoms with van der Waals surface area (Å²) < 4.78 is 18.8. The van der Waals surface area contributed by atoms with E-state index in [9.17, 15) is 9.18 Å². The molecule has 1 aliphatic rings. The van der Waals surface area contributed by atoms with E-state index in [2.05, 4.69) is 0 Å². The predicted molar refractivity (Wildman–Crippen MR) is 92.1 cm³/mol. The van der Waals surface area contributed by atoms with Crippen molar-refractivity contribution in [2.75, 3.05) is 13.7 Å². The van der Waals surface area contributed by atoms with Gasteiger partial charge in [-0.05, 0) is 42.7 Å². The lowest BCUT2D eigenvalue weighted by Crippen LogP contribution is -2.28. The van der Waals surface area contributed by atoms with Gasteiger partial charge in [-0.2, -0.15) is 0 Å². The molecule has 1 aliphatic heterocycles. The molecule has 0 radical (unpaired) electrons. The first-order chi connectivity index (χ1) is 11.7. The lowest BCUT2D eigenvalue weighted by molar-refractivity contribution is -0.126. The number of rotatable bonds is 4. The third kappa shape index (κ3) is 3.48. The number of halogens is 1. The molecule has 0 spiro atoms. The van der Waals surface area contributed by atoms with Crippen molar-refractivity contribution < 1.29 is 13.9 Å². The minimum absolute atomic E-state index is 0.0636. The second kappa shape index (κ2) is 7.30. The second-order valence-corrected chi connectivity index (χ2v) is 5.82. The van der Waals surface area contributed by atoms with E-state index in [1.165, 1.54) is 12.1 Å². The van der Waals surface area contributed by atoms with Gasteiger partial charge in [-0.3, -0.25) is 4.79 Å². The van der Waals surface area contributed by atoms with Crippen LogP contribution < -0.4 is 4.74 Å². The summed E-state index contributed by atoms with van der Waals surface area (Å²) in [5.41, 5.74) is 1.52. The van der Waals surface area contributed by atoms with E-state index in [1.54, 1.807) is 31.4 Å². The Kier molecular flexibility index (Phi) is 4.94. The van der Waals surface area contributed by atoms with Gasteiger partial charge in [0.2, 0.25) is 5.91 Å². The van der Waals surface area contributed by atoms with Crippen molar-refractivity contribution in [3.8, 4) is 5.75 Å². The van der Waals surface area contributed by atoms with E-state index in [1.807, 2.05) is 29.2 Å². The molecule has 1 heterocycles. The normalized spacial score (nSPS) is 17.4. The Labute approximate surface area is 141 Å². The van der Waals surface area contributed by atoms with E-state index in [0.717, 1.165) is 30.7 Å². The number of amides is 1. The van der Waals surface area contributed by atoms with Crippen LogP contribution in [0.25, 0.3) is 6.08 Å². The monoisotopic (exact) mass is 325 g/mol. The number of benzene rings is 2. The number of likely N-dealkylation sites (tertiary alicyclic amines) is 1. The fraction of sp³-hybridized carbons (Fsp3) is 0.250. The summed E-state index contributed by atoms with van der Waals surface area (Å²) in [5, 5.41) is 0. The summed E-state index contributed by atoms with van der Waals surface area (Å²) >= 11 is 0. The number of carbonyl (C=O) groups is 1. The van der Waals surface area contributed by atoms with Gasteiger partial charge in [0.05, 0.1) is 13.2 Å². The van der Waals surface area contributed by atoms with Crippen molar-refractivity contribution in [1.29, 1.82) is 0 Å². The van der Waals surface area contributed by atoms with Crippen molar-refractivity contribution in [1.82, 2.24) is 4.90 Å². The number of hydrogen-bond donors (Lipinski definition) is 0. The van der Waals surface area contributed by atoms with Gasteiger partial charge in [0, 0.05) is 18.2 Å². The average molecular weight is 325 g/mol. The highest BCUT2D eigenvalue weighted by Crippen LogP contribution is 2.33. The lowest BCUT2D eigenvalue weighted by atomic mass is 10.0. The van der Waals surface area contributed by atoms with Gasteiger partial charge < -0.3 is 9.64 Å². The minimum Gasteiger partial charge on any atom is -0.497 e. The summed E-state index contributed by atoms with van der Waals surface area (Å²) in [6.07, 6.45) is 4.91. The molecule has 0 aliphatic carbocycles. The Balaban J connectivity index is 1.74. The zero-order valence-corrected chi connectivity index (χ0v) is 13.6. The molecular weight excluding hydrogens is 305 g/mol. The maximum Gasteiger partial charge on any atom is 0.247 e. The number of carbonyl (C=O) groups excluding carboxylic acids is 1. The van der Waals surface area contributed by atoms with Gasteiger partial charge in [0.1, 0.15) is 11.6 Å². The fourth-order valence-corrected chi connectivity index (χ4v) is 3.07. The molecule has 1 unspecified atom stereocenters. The minimum atomic E-state index is -0.324. The van der Waals surface area contributed by atoms with E-state index in [0.29, 0.717) is 5.56 Å². The van der Waals surface area contributed by atoms with Gasteiger partial charge in [0.15, 0.2) is 0 Å². The zero-order chi connectivity index (χ0) is 16.9. The number of hydrogen-bond acceptors (Lipinski definition) is 2.